The number of aryl methyl sites for hydroxylation is 1. The SMILES string of the molecule is CCOc1ccccc1C(NC)c1ccc(C)o1. The van der Waals surface area contributed by atoms with Crippen LogP contribution in [0.2, 0.25) is 0 Å². The van der Waals surface area contributed by atoms with E-state index in [1.54, 1.807) is 0 Å². The number of rotatable bonds is 5. The maximum absolute atomic E-state index is 5.71. The first kappa shape index (κ1) is 12.7. The predicted molar refractivity (Wildman–Crippen MR) is 72.0 cm³/mol. The quantitative estimate of drug-likeness (QED) is 0.877. The average Bonchev–Trinajstić information content (AvgIpc) is 2.79. The third-order valence-corrected chi connectivity index (χ3v) is 2.86. The van der Waals surface area contributed by atoms with Gasteiger partial charge in [-0.15, -0.1) is 0 Å². The molecule has 1 aromatic carbocycles. The van der Waals surface area contributed by atoms with E-state index in [1.165, 1.54) is 0 Å². The Morgan fingerprint density at radius 2 is 2.00 bits per heavy atom. The Kier molecular flexibility index (Phi) is 4.05. The van der Waals surface area contributed by atoms with E-state index in [-0.39, 0.29) is 6.04 Å². The molecule has 0 aliphatic carbocycles. The smallest absolute Gasteiger partial charge is 0.125 e. The van der Waals surface area contributed by atoms with E-state index in [0.29, 0.717) is 6.61 Å². The van der Waals surface area contributed by atoms with Crippen LogP contribution in [0.1, 0.15) is 30.0 Å². The van der Waals surface area contributed by atoms with Crippen LogP contribution >= 0.6 is 0 Å². The summed E-state index contributed by atoms with van der Waals surface area (Å²) in [6.07, 6.45) is 0. The van der Waals surface area contributed by atoms with Gasteiger partial charge in [0.25, 0.3) is 0 Å². The first-order valence-corrected chi connectivity index (χ1v) is 6.21. The summed E-state index contributed by atoms with van der Waals surface area (Å²) < 4.78 is 11.4. The van der Waals surface area contributed by atoms with E-state index in [1.807, 2.05) is 51.2 Å². The second-order valence-electron chi connectivity index (χ2n) is 4.14. The molecule has 0 bridgehead atoms. The van der Waals surface area contributed by atoms with E-state index < -0.39 is 0 Å². The van der Waals surface area contributed by atoms with Gasteiger partial charge < -0.3 is 14.5 Å². The van der Waals surface area contributed by atoms with Crippen molar-refractivity contribution in [3.8, 4) is 5.75 Å². The number of hydrogen-bond donors (Lipinski definition) is 1. The van der Waals surface area contributed by atoms with Gasteiger partial charge in [0.2, 0.25) is 0 Å². The molecule has 0 saturated carbocycles. The summed E-state index contributed by atoms with van der Waals surface area (Å²) in [6.45, 7) is 4.59. The van der Waals surface area contributed by atoms with Crippen molar-refractivity contribution in [1.29, 1.82) is 0 Å². The molecule has 2 rings (SSSR count). The molecule has 1 heterocycles. The van der Waals surface area contributed by atoms with Crippen LogP contribution in [0.15, 0.2) is 40.8 Å². The lowest BCUT2D eigenvalue weighted by Crippen LogP contribution is -2.18. The maximum atomic E-state index is 5.71. The highest BCUT2D eigenvalue weighted by molar-refractivity contribution is 5.39. The molecule has 0 aliphatic rings. The molecule has 1 N–H and O–H groups in total. The normalized spacial score (nSPS) is 12.4. The van der Waals surface area contributed by atoms with Gasteiger partial charge in [-0.1, -0.05) is 18.2 Å². The average molecular weight is 245 g/mol. The first-order valence-electron chi connectivity index (χ1n) is 6.21. The number of ether oxygens (including phenoxy) is 1. The Morgan fingerprint density at radius 1 is 1.22 bits per heavy atom. The Bertz CT molecular complexity index is 505. The van der Waals surface area contributed by atoms with Crippen LogP contribution in [0.25, 0.3) is 0 Å². The molecule has 0 aliphatic heterocycles. The lowest BCUT2D eigenvalue weighted by molar-refractivity contribution is 0.331. The number of hydrogen-bond acceptors (Lipinski definition) is 3. The summed E-state index contributed by atoms with van der Waals surface area (Å²) >= 11 is 0. The lowest BCUT2D eigenvalue weighted by atomic mass is 10.0. The lowest BCUT2D eigenvalue weighted by Gasteiger charge is -2.18. The molecule has 3 heteroatoms. The zero-order valence-electron chi connectivity index (χ0n) is 11.1. The van der Waals surface area contributed by atoms with E-state index in [2.05, 4.69) is 11.4 Å². The highest BCUT2D eigenvalue weighted by Crippen LogP contribution is 2.30. The van der Waals surface area contributed by atoms with Crippen molar-refractivity contribution < 1.29 is 9.15 Å². The topological polar surface area (TPSA) is 34.4 Å². The van der Waals surface area contributed by atoms with Gasteiger partial charge in [-0.3, -0.25) is 0 Å². The summed E-state index contributed by atoms with van der Waals surface area (Å²) in [5.74, 6) is 2.72. The standard InChI is InChI=1S/C15H19NO2/c1-4-17-13-8-6-5-7-12(13)15(16-3)14-10-9-11(2)18-14/h5-10,15-16H,4H2,1-3H3. The number of benzene rings is 1. The van der Waals surface area contributed by atoms with Gasteiger partial charge in [-0.2, -0.15) is 0 Å². The third kappa shape index (κ3) is 2.57. The molecule has 0 radical (unpaired) electrons. The van der Waals surface area contributed by atoms with Crippen LogP contribution in [0.5, 0.6) is 5.75 Å². The third-order valence-electron chi connectivity index (χ3n) is 2.86. The minimum absolute atomic E-state index is 0.0152. The largest absolute Gasteiger partial charge is 0.494 e. The van der Waals surface area contributed by atoms with Gasteiger partial charge in [0.15, 0.2) is 0 Å². The summed E-state index contributed by atoms with van der Waals surface area (Å²) in [4.78, 5) is 0. The molecule has 1 unspecified atom stereocenters. The van der Waals surface area contributed by atoms with Crippen molar-refractivity contribution in [1.82, 2.24) is 5.32 Å². The number of nitrogens with one attached hydrogen (secondary N) is 1. The fourth-order valence-electron chi connectivity index (χ4n) is 2.07. The zero-order chi connectivity index (χ0) is 13.0. The second-order valence-corrected chi connectivity index (χ2v) is 4.14. The molecular formula is C15H19NO2. The van der Waals surface area contributed by atoms with Crippen molar-refractivity contribution in [3.05, 3.63) is 53.5 Å². The van der Waals surface area contributed by atoms with E-state index in [4.69, 9.17) is 9.15 Å². The van der Waals surface area contributed by atoms with Crippen molar-refractivity contribution in [2.45, 2.75) is 19.9 Å². The molecule has 1 atom stereocenters. The van der Waals surface area contributed by atoms with Gasteiger partial charge in [0.1, 0.15) is 17.3 Å². The van der Waals surface area contributed by atoms with Crippen molar-refractivity contribution in [2.75, 3.05) is 13.7 Å². The van der Waals surface area contributed by atoms with Gasteiger partial charge in [-0.05, 0) is 39.1 Å². The van der Waals surface area contributed by atoms with Crippen LogP contribution in [-0.4, -0.2) is 13.7 Å². The molecule has 0 saturated heterocycles. The molecule has 0 amide bonds. The molecule has 0 fully saturated rings. The maximum Gasteiger partial charge on any atom is 0.125 e. The van der Waals surface area contributed by atoms with Crippen LogP contribution in [-0.2, 0) is 0 Å². The van der Waals surface area contributed by atoms with E-state index >= 15 is 0 Å². The molecule has 3 nitrogen and oxygen atoms in total. The first-order chi connectivity index (χ1) is 8.76. The molecule has 0 spiro atoms. The van der Waals surface area contributed by atoms with Gasteiger partial charge in [-0.25, -0.2) is 0 Å². The molecule has 18 heavy (non-hydrogen) atoms. The molecule has 2 aromatic rings. The van der Waals surface area contributed by atoms with Crippen LogP contribution < -0.4 is 10.1 Å². The van der Waals surface area contributed by atoms with Gasteiger partial charge in [0.05, 0.1) is 12.6 Å². The Morgan fingerprint density at radius 3 is 2.61 bits per heavy atom. The van der Waals surface area contributed by atoms with Crippen molar-refractivity contribution >= 4 is 0 Å². The van der Waals surface area contributed by atoms with E-state index in [9.17, 15) is 0 Å². The minimum Gasteiger partial charge on any atom is -0.494 e. The van der Waals surface area contributed by atoms with Crippen molar-refractivity contribution in [2.24, 2.45) is 0 Å². The fraction of sp³-hybridized carbons (Fsp3) is 0.333. The summed E-state index contributed by atoms with van der Waals surface area (Å²) in [5.41, 5.74) is 1.09. The molecular weight excluding hydrogens is 226 g/mol. The number of para-hydroxylation sites is 1. The predicted octanol–water partition coefficient (Wildman–Crippen LogP) is 3.30. The molecule has 1 aromatic heterocycles. The highest BCUT2D eigenvalue weighted by atomic mass is 16.5. The summed E-state index contributed by atoms with van der Waals surface area (Å²) in [5, 5.41) is 3.27. The second kappa shape index (κ2) is 5.74. The fourth-order valence-corrected chi connectivity index (χ4v) is 2.07. The van der Waals surface area contributed by atoms with Crippen LogP contribution in [0, 0.1) is 6.92 Å². The minimum atomic E-state index is 0.0152. The summed E-state index contributed by atoms with van der Waals surface area (Å²) in [6, 6.07) is 12.0. The van der Waals surface area contributed by atoms with Crippen LogP contribution in [0.3, 0.4) is 0 Å². The zero-order valence-corrected chi connectivity index (χ0v) is 11.1. The Labute approximate surface area is 108 Å². The van der Waals surface area contributed by atoms with Gasteiger partial charge >= 0.3 is 0 Å². The highest BCUT2D eigenvalue weighted by Gasteiger charge is 2.19. The summed E-state index contributed by atoms with van der Waals surface area (Å²) in [7, 11) is 1.92. The van der Waals surface area contributed by atoms with E-state index in [0.717, 1.165) is 22.8 Å². The van der Waals surface area contributed by atoms with Crippen molar-refractivity contribution in [3.63, 3.8) is 0 Å². The Hall–Kier alpha value is -1.74. The van der Waals surface area contributed by atoms with Gasteiger partial charge in [0, 0.05) is 5.56 Å². The van der Waals surface area contributed by atoms with Crippen LogP contribution in [0.4, 0.5) is 0 Å². The monoisotopic (exact) mass is 245 g/mol. The molecule has 96 valence electrons. The number of furan rings is 1. The Balaban J connectivity index is 2.38.